The molecule has 0 aliphatic rings. The van der Waals surface area contributed by atoms with Gasteiger partial charge in [0, 0.05) is 29.1 Å². The molecule has 0 aliphatic carbocycles. The minimum atomic E-state index is -0.449. The number of halogens is 1. The highest BCUT2D eigenvalue weighted by Gasteiger charge is 2.14. The topological polar surface area (TPSA) is 93.8 Å². The third-order valence-electron chi connectivity index (χ3n) is 3.64. The summed E-state index contributed by atoms with van der Waals surface area (Å²) < 4.78 is 6.61. The van der Waals surface area contributed by atoms with Crippen molar-refractivity contribution in [3.05, 3.63) is 72.8 Å². The molecule has 0 fully saturated rings. The number of aromatic amines is 1. The molecule has 0 amide bonds. The van der Waals surface area contributed by atoms with E-state index < -0.39 is 5.69 Å². The Labute approximate surface area is 152 Å². The van der Waals surface area contributed by atoms with Crippen LogP contribution in [0.4, 0.5) is 0 Å². The van der Waals surface area contributed by atoms with Crippen molar-refractivity contribution in [2.45, 2.75) is 24.3 Å². The number of hydrogen-bond donors (Lipinski definition) is 1. The van der Waals surface area contributed by atoms with Crippen molar-refractivity contribution in [1.82, 2.24) is 19.7 Å². The van der Waals surface area contributed by atoms with E-state index in [0.29, 0.717) is 33.1 Å². The Bertz CT molecular complexity index is 1020. The Morgan fingerprint density at radius 3 is 2.88 bits per heavy atom. The average molecular weight is 379 g/mol. The molecular weight excluding hydrogens is 364 g/mol. The Morgan fingerprint density at radius 1 is 1.32 bits per heavy atom. The molecule has 0 aliphatic heterocycles. The van der Waals surface area contributed by atoms with Gasteiger partial charge in [-0.3, -0.25) is 9.36 Å². The molecule has 0 saturated carbocycles. The largest absolute Gasteiger partial charge is 0.416 e. The van der Waals surface area contributed by atoms with Gasteiger partial charge in [0.1, 0.15) is 0 Å². The van der Waals surface area contributed by atoms with Crippen molar-refractivity contribution in [3.63, 3.8) is 0 Å². The number of aryl methyl sites for hydroxylation is 1. The molecule has 2 heterocycles. The predicted molar refractivity (Wildman–Crippen MR) is 95.2 cm³/mol. The van der Waals surface area contributed by atoms with Crippen molar-refractivity contribution in [3.8, 4) is 0 Å². The predicted octanol–water partition coefficient (Wildman–Crippen LogP) is 2.30. The van der Waals surface area contributed by atoms with Crippen molar-refractivity contribution < 1.29 is 4.42 Å². The van der Waals surface area contributed by atoms with Crippen LogP contribution in [0.1, 0.15) is 22.7 Å². The second-order valence-electron chi connectivity index (χ2n) is 5.45. The van der Waals surface area contributed by atoms with E-state index >= 15 is 0 Å². The molecule has 2 aromatic heterocycles. The van der Waals surface area contributed by atoms with Crippen molar-refractivity contribution in [2.75, 3.05) is 0 Å². The van der Waals surface area contributed by atoms with E-state index in [1.807, 2.05) is 24.3 Å². The van der Waals surface area contributed by atoms with Crippen LogP contribution in [-0.4, -0.2) is 19.7 Å². The first-order valence-corrected chi connectivity index (χ1v) is 8.79. The standard InChI is InChI=1S/C16H15ClN4O3S/c1-9-12(14(22)21(2)15(23)18-9)7-13-19-20-16(24-13)25-8-10-4-3-5-11(17)6-10/h3-6H,7-8H2,1-2H3,(H,18,23). The van der Waals surface area contributed by atoms with Gasteiger partial charge in [0.25, 0.3) is 10.8 Å². The number of H-pyrrole nitrogens is 1. The zero-order valence-corrected chi connectivity index (χ0v) is 15.1. The van der Waals surface area contributed by atoms with Crippen LogP contribution >= 0.6 is 23.4 Å². The zero-order valence-electron chi connectivity index (χ0n) is 13.6. The molecule has 0 radical (unpaired) electrons. The fourth-order valence-electron chi connectivity index (χ4n) is 2.27. The van der Waals surface area contributed by atoms with Gasteiger partial charge in [-0.15, -0.1) is 10.2 Å². The van der Waals surface area contributed by atoms with Crippen LogP contribution in [0.2, 0.25) is 5.02 Å². The third kappa shape index (κ3) is 4.02. The molecule has 3 aromatic rings. The van der Waals surface area contributed by atoms with E-state index in [0.717, 1.165) is 10.1 Å². The summed E-state index contributed by atoms with van der Waals surface area (Å²) >= 11 is 7.34. The highest BCUT2D eigenvalue weighted by atomic mass is 35.5. The zero-order chi connectivity index (χ0) is 18.0. The van der Waals surface area contributed by atoms with E-state index in [1.165, 1.54) is 18.8 Å². The van der Waals surface area contributed by atoms with Gasteiger partial charge in [-0.2, -0.15) is 0 Å². The first-order valence-electron chi connectivity index (χ1n) is 7.42. The van der Waals surface area contributed by atoms with E-state index in [4.69, 9.17) is 16.0 Å². The second kappa shape index (κ2) is 7.28. The number of benzene rings is 1. The minimum absolute atomic E-state index is 0.167. The molecule has 0 atom stereocenters. The van der Waals surface area contributed by atoms with Gasteiger partial charge in [0.15, 0.2) is 0 Å². The Balaban J connectivity index is 1.73. The number of rotatable bonds is 5. The number of thioether (sulfide) groups is 1. The lowest BCUT2D eigenvalue weighted by atomic mass is 10.2. The molecule has 25 heavy (non-hydrogen) atoms. The normalized spacial score (nSPS) is 11.0. The lowest BCUT2D eigenvalue weighted by Crippen LogP contribution is -2.36. The molecule has 1 N–H and O–H groups in total. The average Bonchev–Trinajstić information content (AvgIpc) is 3.03. The molecule has 0 bridgehead atoms. The summed E-state index contributed by atoms with van der Waals surface area (Å²) in [7, 11) is 1.42. The maximum absolute atomic E-state index is 12.2. The van der Waals surface area contributed by atoms with Crippen molar-refractivity contribution in [2.24, 2.45) is 7.05 Å². The van der Waals surface area contributed by atoms with Crippen molar-refractivity contribution in [1.29, 1.82) is 0 Å². The number of hydrogen-bond acceptors (Lipinski definition) is 6. The highest BCUT2D eigenvalue weighted by molar-refractivity contribution is 7.98. The van der Waals surface area contributed by atoms with Crippen LogP contribution in [-0.2, 0) is 19.2 Å². The van der Waals surface area contributed by atoms with Crippen LogP contribution in [0.5, 0.6) is 0 Å². The lowest BCUT2D eigenvalue weighted by Gasteiger charge is -2.04. The molecule has 130 valence electrons. The highest BCUT2D eigenvalue weighted by Crippen LogP contribution is 2.23. The fourth-order valence-corrected chi connectivity index (χ4v) is 3.21. The quantitative estimate of drug-likeness (QED) is 0.684. The smallest absolute Gasteiger partial charge is 0.328 e. The number of nitrogens with zero attached hydrogens (tertiary/aromatic N) is 3. The molecule has 0 saturated heterocycles. The van der Waals surface area contributed by atoms with Gasteiger partial charge in [0.05, 0.1) is 6.42 Å². The molecule has 0 unspecified atom stereocenters. The van der Waals surface area contributed by atoms with Crippen LogP contribution < -0.4 is 11.2 Å². The van der Waals surface area contributed by atoms with Crippen LogP contribution in [0.3, 0.4) is 0 Å². The summed E-state index contributed by atoms with van der Waals surface area (Å²) in [6, 6.07) is 7.53. The molecule has 7 nitrogen and oxygen atoms in total. The summed E-state index contributed by atoms with van der Waals surface area (Å²) in [6.07, 6.45) is 0.167. The number of nitrogens with one attached hydrogen (secondary N) is 1. The molecular formula is C16H15ClN4O3S. The molecule has 3 rings (SSSR count). The first-order chi connectivity index (χ1) is 11.9. The van der Waals surface area contributed by atoms with E-state index in [2.05, 4.69) is 15.2 Å². The lowest BCUT2D eigenvalue weighted by molar-refractivity contribution is 0.419. The van der Waals surface area contributed by atoms with E-state index in [9.17, 15) is 9.59 Å². The molecule has 1 aromatic carbocycles. The van der Waals surface area contributed by atoms with Gasteiger partial charge >= 0.3 is 5.69 Å². The van der Waals surface area contributed by atoms with Gasteiger partial charge in [-0.25, -0.2) is 4.79 Å². The third-order valence-corrected chi connectivity index (χ3v) is 4.77. The van der Waals surface area contributed by atoms with Gasteiger partial charge in [0.2, 0.25) is 5.89 Å². The Kier molecular flexibility index (Phi) is 5.10. The van der Waals surface area contributed by atoms with E-state index in [1.54, 1.807) is 6.92 Å². The molecule has 9 heteroatoms. The number of aromatic nitrogens is 4. The monoisotopic (exact) mass is 378 g/mol. The van der Waals surface area contributed by atoms with Crippen LogP contribution in [0.15, 0.2) is 43.5 Å². The van der Waals surface area contributed by atoms with Gasteiger partial charge in [-0.05, 0) is 24.6 Å². The minimum Gasteiger partial charge on any atom is -0.416 e. The molecule has 0 spiro atoms. The summed E-state index contributed by atoms with van der Waals surface area (Å²) in [5, 5.41) is 9.04. The Hall–Kier alpha value is -2.32. The maximum Gasteiger partial charge on any atom is 0.328 e. The maximum atomic E-state index is 12.2. The van der Waals surface area contributed by atoms with Crippen LogP contribution in [0.25, 0.3) is 0 Å². The second-order valence-corrected chi connectivity index (χ2v) is 6.82. The fraction of sp³-hybridized carbons (Fsp3) is 0.250. The Morgan fingerprint density at radius 2 is 2.12 bits per heavy atom. The summed E-state index contributed by atoms with van der Waals surface area (Å²) in [4.78, 5) is 26.4. The van der Waals surface area contributed by atoms with E-state index in [-0.39, 0.29) is 12.0 Å². The van der Waals surface area contributed by atoms with Crippen LogP contribution in [0, 0.1) is 6.92 Å². The van der Waals surface area contributed by atoms with Gasteiger partial charge < -0.3 is 9.40 Å². The SMILES string of the molecule is Cc1[nH]c(=O)n(C)c(=O)c1Cc1nnc(SCc2cccc(Cl)c2)o1. The first kappa shape index (κ1) is 17.5. The summed E-state index contributed by atoms with van der Waals surface area (Å²) in [5.74, 6) is 0.961. The summed E-state index contributed by atoms with van der Waals surface area (Å²) in [5.41, 5.74) is 1.15. The summed E-state index contributed by atoms with van der Waals surface area (Å²) in [6.45, 7) is 1.67. The van der Waals surface area contributed by atoms with Gasteiger partial charge in [-0.1, -0.05) is 35.5 Å². The van der Waals surface area contributed by atoms with Crippen molar-refractivity contribution >= 4 is 23.4 Å².